The summed E-state index contributed by atoms with van der Waals surface area (Å²) in [5.41, 5.74) is 0. The van der Waals surface area contributed by atoms with Crippen molar-refractivity contribution in [2.45, 2.75) is 297 Å². The third kappa shape index (κ3) is 66.0. The molecule has 0 aromatic carbocycles. The minimum atomic E-state index is -0.798. The molecule has 1 atom stereocenters. The van der Waals surface area contributed by atoms with Gasteiger partial charge in [-0.2, -0.15) is 0 Å². The Morgan fingerprint density at radius 2 is 0.481 bits per heavy atom. The number of esters is 3. The fourth-order valence-corrected chi connectivity index (χ4v) is 8.79. The second-order valence-electron chi connectivity index (χ2n) is 21.6. The number of unbranched alkanes of at least 4 members (excludes halogenated alkanes) is 24. The van der Waals surface area contributed by atoms with Gasteiger partial charge in [-0.05, 0) is 135 Å². The van der Waals surface area contributed by atoms with Crippen LogP contribution >= 0.6 is 0 Å². The third-order valence-corrected chi connectivity index (χ3v) is 13.8. The number of carbonyl (C=O) groups excluding carboxylic acids is 3. The molecule has 0 saturated heterocycles. The molecule has 0 bridgehead atoms. The molecule has 6 heteroatoms. The topological polar surface area (TPSA) is 78.9 Å². The minimum absolute atomic E-state index is 0.0938. The van der Waals surface area contributed by atoms with Crippen molar-refractivity contribution in [3.63, 3.8) is 0 Å². The summed E-state index contributed by atoms with van der Waals surface area (Å²) in [6, 6.07) is 0. The number of hydrogen-bond acceptors (Lipinski definition) is 6. The van der Waals surface area contributed by atoms with Gasteiger partial charge in [0, 0.05) is 19.3 Å². The van der Waals surface area contributed by atoms with Gasteiger partial charge in [0.25, 0.3) is 0 Å². The average molecular weight is 1120 g/mol. The second kappa shape index (κ2) is 67.8. The third-order valence-electron chi connectivity index (χ3n) is 13.8. The van der Waals surface area contributed by atoms with Crippen LogP contribution in [-0.2, 0) is 28.6 Å². The molecule has 0 heterocycles. The molecule has 1 unspecified atom stereocenters. The van der Waals surface area contributed by atoms with Crippen LogP contribution in [0.5, 0.6) is 0 Å². The van der Waals surface area contributed by atoms with Crippen LogP contribution in [0.1, 0.15) is 290 Å². The highest BCUT2D eigenvalue weighted by molar-refractivity contribution is 5.71. The van der Waals surface area contributed by atoms with Gasteiger partial charge in [-0.1, -0.05) is 282 Å². The molecule has 0 radical (unpaired) electrons. The first-order valence-electron chi connectivity index (χ1n) is 33.3. The van der Waals surface area contributed by atoms with Gasteiger partial charge in [-0.3, -0.25) is 14.4 Å². The van der Waals surface area contributed by atoms with Crippen molar-refractivity contribution >= 4 is 17.9 Å². The maximum atomic E-state index is 12.9. The Balaban J connectivity index is 4.24. The van der Waals surface area contributed by atoms with Gasteiger partial charge in [-0.15, -0.1) is 0 Å². The number of ether oxygens (including phenoxy) is 3. The standard InChI is InChI=1S/C75H122O6/c1-4-7-10-13-16-19-22-25-28-29-30-31-32-33-34-35-36-37-38-39-40-41-42-43-44-45-46-47-48-51-53-56-59-62-65-68-74(77)80-71-72(81-75(78)69-66-63-60-57-54-50-27-24-21-18-15-12-9-6-3)70-79-73(76)67-64-61-58-55-52-49-26-23-20-17-14-11-8-5-2/h7,10,14-19,23-28,30-31,33-34,36-37,39-40,42-43,72H,4-6,8-9,11-13,20-22,29,32,35,38,41,44-71H2,1-3H3/b10-7-,17-14-,18-15-,19-16-,26-23-,27-24-,28-25-,31-30-,34-33-,37-36-,40-39-,43-42-. The van der Waals surface area contributed by atoms with Gasteiger partial charge in [0.15, 0.2) is 6.10 Å². The molecule has 458 valence electrons. The summed E-state index contributed by atoms with van der Waals surface area (Å²) in [4.78, 5) is 38.3. The quantitative estimate of drug-likeness (QED) is 0.0261. The summed E-state index contributed by atoms with van der Waals surface area (Å²) in [6.07, 6.45) is 97.2. The minimum Gasteiger partial charge on any atom is -0.462 e. The van der Waals surface area contributed by atoms with E-state index in [2.05, 4.69) is 167 Å². The Bertz CT molecular complexity index is 1760. The zero-order valence-electron chi connectivity index (χ0n) is 52.5. The van der Waals surface area contributed by atoms with E-state index in [9.17, 15) is 14.4 Å². The van der Waals surface area contributed by atoms with Crippen molar-refractivity contribution in [2.75, 3.05) is 13.2 Å². The van der Waals surface area contributed by atoms with Crippen molar-refractivity contribution < 1.29 is 28.6 Å². The van der Waals surface area contributed by atoms with Crippen LogP contribution in [0.4, 0.5) is 0 Å². The normalized spacial score (nSPS) is 13.1. The van der Waals surface area contributed by atoms with Crippen molar-refractivity contribution in [2.24, 2.45) is 0 Å². The van der Waals surface area contributed by atoms with E-state index in [1.807, 2.05) is 0 Å². The predicted molar refractivity (Wildman–Crippen MR) is 352 cm³/mol. The van der Waals surface area contributed by atoms with Crippen molar-refractivity contribution in [1.29, 1.82) is 0 Å². The van der Waals surface area contributed by atoms with Gasteiger partial charge in [-0.25, -0.2) is 0 Å². The zero-order valence-corrected chi connectivity index (χ0v) is 52.5. The van der Waals surface area contributed by atoms with Crippen molar-refractivity contribution in [1.82, 2.24) is 0 Å². The molecule has 0 spiro atoms. The maximum Gasteiger partial charge on any atom is 0.306 e. The summed E-state index contributed by atoms with van der Waals surface area (Å²) in [5, 5.41) is 0. The Labute approximate surface area is 499 Å². The van der Waals surface area contributed by atoms with Crippen LogP contribution in [0.25, 0.3) is 0 Å². The molecule has 0 aliphatic heterocycles. The molecule has 0 aromatic heterocycles. The van der Waals surface area contributed by atoms with E-state index in [-0.39, 0.29) is 31.1 Å². The Hall–Kier alpha value is -4.71. The van der Waals surface area contributed by atoms with E-state index in [1.54, 1.807) is 0 Å². The molecular weight excluding hydrogens is 997 g/mol. The van der Waals surface area contributed by atoms with E-state index in [0.29, 0.717) is 19.3 Å². The lowest BCUT2D eigenvalue weighted by atomic mass is 10.1. The Morgan fingerprint density at radius 1 is 0.259 bits per heavy atom. The van der Waals surface area contributed by atoms with Gasteiger partial charge in [0.2, 0.25) is 0 Å². The number of carbonyl (C=O) groups is 3. The predicted octanol–water partition coefficient (Wildman–Crippen LogP) is 23.1. The molecule has 0 aliphatic carbocycles. The summed E-state index contributed by atoms with van der Waals surface area (Å²) < 4.78 is 16.9. The Morgan fingerprint density at radius 3 is 0.753 bits per heavy atom. The van der Waals surface area contributed by atoms with Gasteiger partial charge in [0.05, 0.1) is 0 Å². The Kier molecular flexibility index (Phi) is 63.9. The fourth-order valence-electron chi connectivity index (χ4n) is 8.79. The highest BCUT2D eigenvalue weighted by Crippen LogP contribution is 2.15. The van der Waals surface area contributed by atoms with Crippen LogP contribution in [0, 0.1) is 0 Å². The number of rotatable bonds is 59. The molecule has 0 fully saturated rings. The van der Waals surface area contributed by atoms with Crippen LogP contribution in [0.3, 0.4) is 0 Å². The SMILES string of the molecule is CC/C=C\C/C=C\C/C=C\C/C=C\C/C=C\C/C=C\C/C=C\C/C=C\CCCCCCCCCCCCC(=O)OCC(COC(=O)CCCCCCC/C=C\C/C=C\CCCC)OC(=O)CCCCCCC/C=C\C/C=C\CCCC. The van der Waals surface area contributed by atoms with Crippen LogP contribution < -0.4 is 0 Å². The first-order valence-corrected chi connectivity index (χ1v) is 33.3. The van der Waals surface area contributed by atoms with Crippen LogP contribution in [0.15, 0.2) is 146 Å². The summed E-state index contributed by atoms with van der Waals surface area (Å²) in [5.74, 6) is -0.925. The molecule has 0 aliphatic rings. The molecular formula is C75H122O6. The summed E-state index contributed by atoms with van der Waals surface area (Å²) in [7, 11) is 0. The van der Waals surface area contributed by atoms with E-state index >= 15 is 0 Å². The first-order chi connectivity index (χ1) is 40.0. The molecule has 0 N–H and O–H groups in total. The fraction of sp³-hybridized carbons (Fsp3) is 0.640. The maximum absolute atomic E-state index is 12.9. The van der Waals surface area contributed by atoms with E-state index < -0.39 is 6.10 Å². The van der Waals surface area contributed by atoms with E-state index in [1.165, 1.54) is 83.5 Å². The van der Waals surface area contributed by atoms with Gasteiger partial charge < -0.3 is 14.2 Å². The lowest BCUT2D eigenvalue weighted by molar-refractivity contribution is -0.167. The first kappa shape index (κ1) is 76.3. The average Bonchev–Trinajstić information content (AvgIpc) is 3.47. The summed E-state index contributed by atoms with van der Waals surface area (Å²) >= 11 is 0. The number of allylic oxidation sites excluding steroid dienone is 24. The van der Waals surface area contributed by atoms with Crippen molar-refractivity contribution in [3.05, 3.63) is 146 Å². The molecule has 0 saturated carbocycles. The van der Waals surface area contributed by atoms with Crippen LogP contribution in [-0.4, -0.2) is 37.2 Å². The molecule has 0 amide bonds. The number of hydrogen-bond donors (Lipinski definition) is 0. The monoisotopic (exact) mass is 1120 g/mol. The van der Waals surface area contributed by atoms with Gasteiger partial charge >= 0.3 is 17.9 Å². The lowest BCUT2D eigenvalue weighted by Crippen LogP contribution is -2.30. The van der Waals surface area contributed by atoms with Gasteiger partial charge in [0.1, 0.15) is 13.2 Å². The largest absolute Gasteiger partial charge is 0.462 e. The highest BCUT2D eigenvalue weighted by atomic mass is 16.6. The van der Waals surface area contributed by atoms with E-state index in [4.69, 9.17) is 14.2 Å². The molecule has 6 nitrogen and oxygen atoms in total. The second-order valence-corrected chi connectivity index (χ2v) is 21.6. The molecule has 81 heavy (non-hydrogen) atoms. The lowest BCUT2D eigenvalue weighted by Gasteiger charge is -2.18. The molecule has 0 aromatic rings. The van der Waals surface area contributed by atoms with Crippen LogP contribution in [0.2, 0.25) is 0 Å². The van der Waals surface area contributed by atoms with E-state index in [0.717, 1.165) is 167 Å². The van der Waals surface area contributed by atoms with Crippen molar-refractivity contribution in [3.8, 4) is 0 Å². The highest BCUT2D eigenvalue weighted by Gasteiger charge is 2.19. The zero-order chi connectivity index (χ0) is 58.5. The smallest absolute Gasteiger partial charge is 0.306 e. The summed E-state index contributed by atoms with van der Waals surface area (Å²) in [6.45, 7) is 6.42. The molecule has 0 rings (SSSR count).